The van der Waals surface area contributed by atoms with Crippen LogP contribution in [0.2, 0.25) is 0 Å². The number of sulfonamides is 2. The van der Waals surface area contributed by atoms with Crippen LogP contribution in [0.4, 0.5) is 11.6 Å². The number of aromatic nitrogens is 2. The number of phenols is 1. The Morgan fingerprint density at radius 2 is 1.22 bits per heavy atom. The first-order valence-electron chi connectivity index (χ1n) is 17.0. The number of aromatic amines is 1. The Labute approximate surface area is 312 Å². The van der Waals surface area contributed by atoms with Gasteiger partial charge in [-0.1, -0.05) is 86.1 Å². The van der Waals surface area contributed by atoms with Crippen molar-refractivity contribution in [1.29, 1.82) is 0 Å². The minimum atomic E-state index is -4.01. The third-order valence-corrected chi connectivity index (χ3v) is 12.3. The standard InChI is InChI=1S/C20H20N4O3S.C18H18N2O5S/c1-2-3-13-24-19(25)17(18(28(24,26)27)14-9-5-4-6-10-14)23-20-21-15-11-7-8-12-16(15)22-20;1-25-12-11-20-18(22)16(19-14-7-9-15(21)10-8-14)17(26(20,23)24)13-5-3-2-4-6-13/h4-12H,2-3,13H2,1H3,(H2,21,22,23);2-10,19,21H,11-12H2,1H3. The number of nitrogens with one attached hydrogen (secondary N) is 3. The molecule has 0 spiro atoms. The van der Waals surface area contributed by atoms with Crippen molar-refractivity contribution in [1.82, 2.24) is 18.6 Å². The molecule has 5 aromatic rings. The maximum atomic E-state index is 13.2. The number of amides is 2. The van der Waals surface area contributed by atoms with Crippen LogP contribution >= 0.6 is 0 Å². The van der Waals surface area contributed by atoms with Crippen molar-refractivity contribution in [3.63, 3.8) is 0 Å². The second kappa shape index (κ2) is 16.0. The molecule has 14 nitrogen and oxygen atoms in total. The van der Waals surface area contributed by atoms with Crippen LogP contribution in [-0.2, 0) is 34.4 Å². The second-order valence-corrected chi connectivity index (χ2v) is 15.7. The summed E-state index contributed by atoms with van der Waals surface area (Å²) in [5.74, 6) is -0.813. The van der Waals surface area contributed by atoms with Crippen molar-refractivity contribution < 1.29 is 36.3 Å². The third-order valence-electron chi connectivity index (χ3n) is 8.49. The van der Waals surface area contributed by atoms with Crippen LogP contribution in [0.3, 0.4) is 0 Å². The topological polar surface area (TPSA) is 191 Å². The predicted octanol–water partition coefficient (Wildman–Crippen LogP) is 5.31. The zero-order chi connectivity index (χ0) is 38.5. The van der Waals surface area contributed by atoms with Gasteiger partial charge < -0.3 is 25.5 Å². The smallest absolute Gasteiger partial charge is 0.285 e. The van der Waals surface area contributed by atoms with E-state index in [2.05, 4.69) is 20.6 Å². The number of hydrogen-bond donors (Lipinski definition) is 4. The summed E-state index contributed by atoms with van der Waals surface area (Å²) in [5.41, 5.74) is 2.88. The molecule has 0 atom stereocenters. The Hall–Kier alpha value is -5.97. The zero-order valence-electron chi connectivity index (χ0n) is 29.4. The molecule has 0 unspecified atom stereocenters. The van der Waals surface area contributed by atoms with E-state index in [1.807, 2.05) is 31.2 Å². The largest absolute Gasteiger partial charge is 0.508 e. The average Bonchev–Trinajstić information content (AvgIpc) is 3.72. The minimum Gasteiger partial charge on any atom is -0.508 e. The van der Waals surface area contributed by atoms with E-state index in [0.717, 1.165) is 26.1 Å². The van der Waals surface area contributed by atoms with Crippen molar-refractivity contribution in [2.75, 3.05) is 37.4 Å². The summed E-state index contributed by atoms with van der Waals surface area (Å²) in [7, 11) is -6.51. The van der Waals surface area contributed by atoms with Crippen molar-refractivity contribution >= 4 is 64.3 Å². The number of nitrogens with zero attached hydrogens (tertiary/aromatic N) is 3. The molecule has 280 valence electrons. The maximum Gasteiger partial charge on any atom is 0.285 e. The van der Waals surface area contributed by atoms with Gasteiger partial charge in [-0.15, -0.1) is 0 Å². The van der Waals surface area contributed by atoms with Gasteiger partial charge in [0.2, 0.25) is 5.95 Å². The summed E-state index contributed by atoms with van der Waals surface area (Å²) < 4.78 is 59.0. The minimum absolute atomic E-state index is 0.0151. The van der Waals surface area contributed by atoms with Gasteiger partial charge in [0.1, 0.15) is 27.0 Å². The lowest BCUT2D eigenvalue weighted by Gasteiger charge is -2.15. The molecule has 0 fully saturated rings. The molecule has 1 aromatic heterocycles. The summed E-state index contributed by atoms with van der Waals surface area (Å²) in [6, 6.07) is 30.6. The van der Waals surface area contributed by atoms with Gasteiger partial charge in [-0.2, -0.15) is 0 Å². The fraction of sp³-hybridized carbons (Fsp3) is 0.184. The van der Waals surface area contributed by atoms with Crippen molar-refractivity contribution in [3.8, 4) is 5.75 Å². The molecule has 0 radical (unpaired) electrons. The molecule has 0 saturated carbocycles. The number of carbonyl (C=O) groups is 2. The SMILES string of the molecule is CCCCN1C(=O)C(Nc2nc3ccccc3[nH]2)=C(c2ccccc2)S1(=O)=O.COCCN1C(=O)C(Nc2ccc(O)cc2)=C(c2ccccc2)S1(=O)=O. The molecular formula is C38H38N6O8S2. The van der Waals surface area contributed by atoms with Crippen LogP contribution < -0.4 is 10.6 Å². The van der Waals surface area contributed by atoms with Gasteiger partial charge in [0.05, 0.1) is 24.2 Å². The highest BCUT2D eigenvalue weighted by Gasteiger charge is 2.45. The molecule has 16 heteroatoms. The van der Waals surface area contributed by atoms with E-state index in [1.54, 1.807) is 72.8 Å². The number of H-pyrrole nitrogens is 1. The number of methoxy groups -OCH3 is 1. The lowest BCUT2D eigenvalue weighted by atomic mass is 10.1. The number of aromatic hydroxyl groups is 1. The van der Waals surface area contributed by atoms with Crippen LogP contribution in [0, 0.1) is 0 Å². The van der Waals surface area contributed by atoms with Crippen molar-refractivity contribution in [3.05, 3.63) is 132 Å². The van der Waals surface area contributed by atoms with Gasteiger partial charge >= 0.3 is 0 Å². The second-order valence-electron chi connectivity index (χ2n) is 12.2. The monoisotopic (exact) mass is 770 g/mol. The molecule has 2 amide bonds. The first kappa shape index (κ1) is 37.8. The molecule has 54 heavy (non-hydrogen) atoms. The summed E-state index contributed by atoms with van der Waals surface area (Å²) in [5, 5.41) is 15.2. The Bertz CT molecular complexity index is 2420. The molecule has 7 rings (SSSR count). The molecular weight excluding hydrogens is 733 g/mol. The van der Waals surface area contributed by atoms with E-state index < -0.39 is 31.9 Å². The van der Waals surface area contributed by atoms with Gasteiger partial charge in [0.15, 0.2) is 0 Å². The normalized spacial score (nSPS) is 16.2. The Balaban J connectivity index is 0.000000185. The molecule has 0 aliphatic carbocycles. The molecule has 4 aromatic carbocycles. The zero-order valence-corrected chi connectivity index (χ0v) is 31.0. The van der Waals surface area contributed by atoms with E-state index in [9.17, 15) is 31.5 Å². The highest BCUT2D eigenvalue weighted by atomic mass is 32.2. The fourth-order valence-electron chi connectivity index (χ4n) is 5.87. The maximum absolute atomic E-state index is 13.2. The highest BCUT2D eigenvalue weighted by molar-refractivity contribution is 8.00. The summed E-state index contributed by atoms with van der Waals surface area (Å²) in [6.45, 7) is 2.12. The number of fused-ring (bicyclic) bond motifs is 1. The van der Waals surface area contributed by atoms with Crippen molar-refractivity contribution in [2.24, 2.45) is 0 Å². The summed E-state index contributed by atoms with van der Waals surface area (Å²) in [6.07, 6.45) is 1.39. The van der Waals surface area contributed by atoms with Crippen LogP contribution in [0.5, 0.6) is 5.75 Å². The lowest BCUT2D eigenvalue weighted by Crippen LogP contribution is -2.35. The first-order valence-corrected chi connectivity index (χ1v) is 19.9. The Morgan fingerprint density at radius 1 is 0.704 bits per heavy atom. The van der Waals surface area contributed by atoms with E-state index in [4.69, 9.17) is 4.74 Å². The van der Waals surface area contributed by atoms with Crippen LogP contribution in [0.15, 0.2) is 121 Å². The molecule has 2 aliphatic rings. The highest BCUT2D eigenvalue weighted by Crippen LogP contribution is 2.37. The van der Waals surface area contributed by atoms with Crippen LogP contribution in [0.1, 0.15) is 30.9 Å². The molecule has 2 aliphatic heterocycles. The van der Waals surface area contributed by atoms with Crippen LogP contribution in [0.25, 0.3) is 20.8 Å². The van der Waals surface area contributed by atoms with Crippen molar-refractivity contribution in [2.45, 2.75) is 19.8 Å². The number of hydrogen-bond acceptors (Lipinski definition) is 11. The van der Waals surface area contributed by atoms with Gasteiger partial charge in [-0.05, 0) is 53.9 Å². The summed E-state index contributed by atoms with van der Waals surface area (Å²) >= 11 is 0. The van der Waals surface area contributed by atoms with Gasteiger partial charge in [-0.3, -0.25) is 9.59 Å². The summed E-state index contributed by atoms with van der Waals surface area (Å²) in [4.78, 5) is 33.2. The fourth-order valence-corrected chi connectivity index (χ4v) is 9.27. The average molecular weight is 771 g/mol. The van der Waals surface area contributed by atoms with E-state index in [-0.39, 0.29) is 46.7 Å². The lowest BCUT2D eigenvalue weighted by molar-refractivity contribution is -0.123. The predicted molar refractivity (Wildman–Crippen MR) is 206 cm³/mol. The number of benzene rings is 4. The van der Waals surface area contributed by atoms with Gasteiger partial charge in [0, 0.05) is 19.3 Å². The van der Waals surface area contributed by atoms with E-state index in [1.165, 1.54) is 19.2 Å². The molecule has 3 heterocycles. The van der Waals surface area contributed by atoms with Gasteiger partial charge in [-0.25, -0.2) is 30.4 Å². The quantitative estimate of drug-likeness (QED) is 0.120. The number of imidazole rings is 1. The molecule has 0 saturated heterocycles. The molecule has 0 bridgehead atoms. The number of para-hydroxylation sites is 2. The third kappa shape index (κ3) is 7.57. The van der Waals surface area contributed by atoms with E-state index in [0.29, 0.717) is 29.2 Å². The van der Waals surface area contributed by atoms with E-state index >= 15 is 0 Å². The number of carbonyl (C=O) groups excluding carboxylic acids is 2. The number of phenolic OH excluding ortho intramolecular Hbond substituents is 1. The molecule has 4 N–H and O–H groups in total. The first-order chi connectivity index (χ1) is 26.0. The number of rotatable bonds is 12. The van der Waals surface area contributed by atoms with Gasteiger partial charge in [0.25, 0.3) is 31.9 Å². The Kier molecular flexibility index (Phi) is 11.2. The Morgan fingerprint density at radius 3 is 1.76 bits per heavy atom. The van der Waals surface area contributed by atoms with Crippen LogP contribution in [-0.4, -0.2) is 79.1 Å². The number of unbranched alkanes of at least 4 members (excludes halogenated alkanes) is 1. The number of ether oxygens (including phenoxy) is 1. The number of anilines is 2.